The first kappa shape index (κ1) is 20.1. The van der Waals surface area contributed by atoms with E-state index in [9.17, 15) is 9.59 Å². The molecular formula is C24H25N3O2. The van der Waals surface area contributed by atoms with E-state index in [1.807, 2.05) is 36.4 Å². The predicted molar refractivity (Wildman–Crippen MR) is 115 cm³/mol. The Bertz CT molecular complexity index is 915. The topological polar surface area (TPSA) is 84.2 Å². The minimum absolute atomic E-state index is 0.141. The molecule has 0 aliphatic carbocycles. The molecule has 0 heterocycles. The first-order valence-corrected chi connectivity index (χ1v) is 9.50. The maximum absolute atomic E-state index is 12.7. The van der Waals surface area contributed by atoms with Gasteiger partial charge in [-0.05, 0) is 35.7 Å². The molecule has 3 amide bonds. The van der Waals surface area contributed by atoms with E-state index in [1.165, 1.54) is 0 Å². The van der Waals surface area contributed by atoms with Crippen molar-refractivity contribution in [1.82, 2.24) is 10.6 Å². The van der Waals surface area contributed by atoms with Crippen molar-refractivity contribution in [2.24, 2.45) is 5.73 Å². The highest BCUT2D eigenvalue weighted by Gasteiger charge is 2.29. The molecular weight excluding hydrogens is 362 g/mol. The lowest BCUT2D eigenvalue weighted by atomic mass is 9.76. The van der Waals surface area contributed by atoms with E-state index in [1.54, 1.807) is 24.3 Å². The summed E-state index contributed by atoms with van der Waals surface area (Å²) in [7, 11) is 0. The van der Waals surface area contributed by atoms with E-state index in [-0.39, 0.29) is 11.3 Å². The van der Waals surface area contributed by atoms with E-state index < -0.39 is 6.03 Å². The van der Waals surface area contributed by atoms with Crippen LogP contribution in [0, 0.1) is 0 Å². The number of rotatable bonds is 7. The summed E-state index contributed by atoms with van der Waals surface area (Å²) in [5.41, 5.74) is 8.44. The van der Waals surface area contributed by atoms with Gasteiger partial charge in [0.05, 0.1) is 0 Å². The summed E-state index contributed by atoms with van der Waals surface area (Å²) in [6.45, 7) is 2.93. The number of hydrogen-bond acceptors (Lipinski definition) is 2. The van der Waals surface area contributed by atoms with Crippen molar-refractivity contribution < 1.29 is 9.59 Å². The van der Waals surface area contributed by atoms with Gasteiger partial charge in [0.15, 0.2) is 0 Å². The summed E-state index contributed by atoms with van der Waals surface area (Å²) < 4.78 is 0. The van der Waals surface area contributed by atoms with Crippen LogP contribution in [0.2, 0.25) is 0 Å². The van der Waals surface area contributed by atoms with Gasteiger partial charge in [-0.15, -0.1) is 0 Å². The number of primary amides is 1. The molecule has 0 aliphatic rings. The average Bonchev–Trinajstić information content (AvgIpc) is 2.77. The van der Waals surface area contributed by atoms with Crippen LogP contribution in [0.3, 0.4) is 0 Å². The maximum atomic E-state index is 12.7. The number of carbonyl (C=O) groups is 2. The maximum Gasteiger partial charge on any atom is 0.312 e. The summed E-state index contributed by atoms with van der Waals surface area (Å²) in [6.07, 6.45) is 0. The van der Waals surface area contributed by atoms with Crippen molar-refractivity contribution in [3.63, 3.8) is 0 Å². The van der Waals surface area contributed by atoms with Gasteiger partial charge in [-0.1, -0.05) is 72.8 Å². The number of carbonyl (C=O) groups excluding carboxylic acids is 2. The van der Waals surface area contributed by atoms with E-state index >= 15 is 0 Å². The minimum Gasteiger partial charge on any atom is -0.352 e. The zero-order chi connectivity index (χ0) is 20.7. The number of urea groups is 1. The lowest BCUT2D eigenvalue weighted by Crippen LogP contribution is -2.39. The van der Waals surface area contributed by atoms with Crippen LogP contribution in [0.5, 0.6) is 0 Å². The third kappa shape index (κ3) is 5.02. The van der Waals surface area contributed by atoms with Crippen molar-refractivity contribution in [2.45, 2.75) is 18.9 Å². The molecule has 0 unspecified atom stereocenters. The summed E-state index contributed by atoms with van der Waals surface area (Å²) >= 11 is 0. The quantitative estimate of drug-likeness (QED) is 0.579. The van der Waals surface area contributed by atoms with Gasteiger partial charge in [-0.25, -0.2) is 4.79 Å². The molecule has 29 heavy (non-hydrogen) atoms. The van der Waals surface area contributed by atoms with Crippen molar-refractivity contribution in [3.05, 3.63) is 107 Å². The molecule has 0 aromatic heterocycles. The Morgan fingerprint density at radius 2 is 1.31 bits per heavy atom. The number of nitrogens with two attached hydrogens (primary N) is 1. The molecule has 0 aliphatic heterocycles. The van der Waals surface area contributed by atoms with Gasteiger partial charge in [0.2, 0.25) is 0 Å². The molecule has 3 aromatic carbocycles. The standard InChI is InChI=1S/C24H25N3O2/c1-24(20-8-4-2-5-9-20,21-10-6-3-7-11-21)17-27-22(28)19-14-12-18(13-15-19)16-26-23(25)29/h2-15H,16-17H2,1H3,(H,27,28)(H3,25,26,29). The monoisotopic (exact) mass is 387 g/mol. The molecule has 3 aromatic rings. The van der Waals surface area contributed by atoms with Crippen LogP contribution in [-0.4, -0.2) is 18.5 Å². The molecule has 3 rings (SSSR count). The highest BCUT2D eigenvalue weighted by molar-refractivity contribution is 5.94. The van der Waals surface area contributed by atoms with Crippen LogP contribution in [0.4, 0.5) is 4.79 Å². The van der Waals surface area contributed by atoms with Crippen LogP contribution < -0.4 is 16.4 Å². The molecule has 0 radical (unpaired) electrons. The fourth-order valence-corrected chi connectivity index (χ4v) is 3.31. The molecule has 0 atom stereocenters. The van der Waals surface area contributed by atoms with Gasteiger partial charge in [0, 0.05) is 24.1 Å². The number of nitrogens with one attached hydrogen (secondary N) is 2. The molecule has 148 valence electrons. The average molecular weight is 387 g/mol. The Hall–Kier alpha value is -3.60. The molecule has 0 bridgehead atoms. The van der Waals surface area contributed by atoms with Gasteiger partial charge in [-0.2, -0.15) is 0 Å². The molecule has 5 heteroatoms. The van der Waals surface area contributed by atoms with Gasteiger partial charge in [0.1, 0.15) is 0 Å². The fourth-order valence-electron chi connectivity index (χ4n) is 3.31. The molecule has 0 saturated heterocycles. The zero-order valence-corrected chi connectivity index (χ0v) is 16.4. The normalized spacial score (nSPS) is 10.9. The Kier molecular flexibility index (Phi) is 6.29. The molecule has 5 nitrogen and oxygen atoms in total. The number of hydrogen-bond donors (Lipinski definition) is 3. The van der Waals surface area contributed by atoms with Crippen molar-refractivity contribution in [1.29, 1.82) is 0 Å². The SMILES string of the molecule is CC(CNC(=O)c1ccc(CNC(N)=O)cc1)(c1ccccc1)c1ccccc1. The summed E-state index contributed by atoms with van der Waals surface area (Å²) in [5.74, 6) is -0.141. The van der Waals surface area contributed by atoms with Gasteiger partial charge >= 0.3 is 6.03 Å². The summed E-state index contributed by atoms with van der Waals surface area (Å²) in [4.78, 5) is 23.5. The summed E-state index contributed by atoms with van der Waals surface area (Å²) in [6, 6.07) is 26.9. The Balaban J connectivity index is 1.74. The van der Waals surface area contributed by atoms with E-state index in [2.05, 4.69) is 41.8 Å². The third-order valence-corrected chi connectivity index (χ3v) is 5.11. The third-order valence-electron chi connectivity index (χ3n) is 5.11. The minimum atomic E-state index is -0.576. The number of amides is 3. The predicted octanol–water partition coefficient (Wildman–Crippen LogP) is 3.59. The second-order valence-electron chi connectivity index (χ2n) is 7.16. The van der Waals surface area contributed by atoms with Gasteiger partial charge in [0.25, 0.3) is 5.91 Å². The Morgan fingerprint density at radius 3 is 1.79 bits per heavy atom. The zero-order valence-electron chi connectivity index (χ0n) is 16.4. The second-order valence-corrected chi connectivity index (χ2v) is 7.16. The van der Waals surface area contributed by atoms with Crippen molar-refractivity contribution in [3.8, 4) is 0 Å². The first-order chi connectivity index (χ1) is 14.0. The highest BCUT2D eigenvalue weighted by Crippen LogP contribution is 2.31. The highest BCUT2D eigenvalue weighted by atomic mass is 16.2. The smallest absolute Gasteiger partial charge is 0.312 e. The Morgan fingerprint density at radius 1 is 0.793 bits per heavy atom. The van der Waals surface area contributed by atoms with Crippen molar-refractivity contribution >= 4 is 11.9 Å². The van der Waals surface area contributed by atoms with Crippen LogP contribution in [0.15, 0.2) is 84.9 Å². The van der Waals surface area contributed by atoms with E-state index in [4.69, 9.17) is 5.73 Å². The lowest BCUT2D eigenvalue weighted by molar-refractivity contribution is 0.0947. The van der Waals surface area contributed by atoms with Crippen LogP contribution >= 0.6 is 0 Å². The van der Waals surface area contributed by atoms with Crippen LogP contribution in [-0.2, 0) is 12.0 Å². The molecule has 4 N–H and O–H groups in total. The molecule has 0 spiro atoms. The molecule has 0 fully saturated rings. The van der Waals surface area contributed by atoms with Crippen LogP contribution in [0.1, 0.15) is 34.0 Å². The lowest BCUT2D eigenvalue weighted by Gasteiger charge is -2.31. The Labute approximate surface area is 170 Å². The van der Waals surface area contributed by atoms with E-state index in [0.29, 0.717) is 18.7 Å². The summed E-state index contributed by atoms with van der Waals surface area (Å²) in [5, 5.41) is 5.61. The number of benzene rings is 3. The van der Waals surface area contributed by atoms with E-state index in [0.717, 1.165) is 16.7 Å². The first-order valence-electron chi connectivity index (χ1n) is 9.50. The largest absolute Gasteiger partial charge is 0.352 e. The van der Waals surface area contributed by atoms with Gasteiger partial charge in [-0.3, -0.25) is 4.79 Å². The fraction of sp³-hybridized carbons (Fsp3) is 0.167. The van der Waals surface area contributed by atoms with Crippen LogP contribution in [0.25, 0.3) is 0 Å². The van der Waals surface area contributed by atoms with Gasteiger partial charge < -0.3 is 16.4 Å². The van der Waals surface area contributed by atoms with Crippen molar-refractivity contribution in [2.75, 3.05) is 6.54 Å². The second kappa shape index (κ2) is 9.06. The molecule has 0 saturated carbocycles.